The molecule has 0 unspecified atom stereocenters. The summed E-state index contributed by atoms with van der Waals surface area (Å²) >= 11 is 0. The summed E-state index contributed by atoms with van der Waals surface area (Å²) in [4.78, 5) is 15.9. The van der Waals surface area contributed by atoms with E-state index >= 15 is 0 Å². The van der Waals surface area contributed by atoms with Gasteiger partial charge < -0.3 is 9.84 Å². The van der Waals surface area contributed by atoms with E-state index in [0.29, 0.717) is 36.7 Å². The zero-order chi connectivity index (χ0) is 19.9. The van der Waals surface area contributed by atoms with Crippen molar-refractivity contribution in [3.05, 3.63) is 78.1 Å². The van der Waals surface area contributed by atoms with Crippen LogP contribution in [-0.2, 0) is 13.0 Å². The minimum absolute atomic E-state index is 0.292. The summed E-state index contributed by atoms with van der Waals surface area (Å²) in [7, 11) is 0. The number of benzene rings is 2. The zero-order valence-electron chi connectivity index (χ0n) is 15.8. The molecule has 0 bridgehead atoms. The summed E-state index contributed by atoms with van der Waals surface area (Å²) < 4.78 is 7.28. The third kappa shape index (κ3) is 4.46. The van der Waals surface area contributed by atoms with Crippen LogP contribution in [0.4, 0.5) is 0 Å². The van der Waals surface area contributed by atoms with Gasteiger partial charge in [-0.2, -0.15) is 4.98 Å². The number of ether oxygens (including phenoxy) is 1. The lowest BCUT2D eigenvalue weighted by molar-refractivity contribution is 0.0697. The van der Waals surface area contributed by atoms with Gasteiger partial charge in [0.05, 0.1) is 12.2 Å². The maximum atomic E-state index is 11.4. The van der Waals surface area contributed by atoms with E-state index in [0.717, 1.165) is 23.4 Å². The van der Waals surface area contributed by atoms with Crippen molar-refractivity contribution in [2.24, 2.45) is 0 Å². The number of hydrogen-bond donors (Lipinski definition) is 1. The van der Waals surface area contributed by atoms with Crippen LogP contribution in [0.15, 0.2) is 61.2 Å². The third-order valence-electron chi connectivity index (χ3n) is 4.33. The third-order valence-corrected chi connectivity index (χ3v) is 4.33. The van der Waals surface area contributed by atoms with Gasteiger partial charge in [0.1, 0.15) is 5.82 Å². The van der Waals surface area contributed by atoms with Crippen LogP contribution in [-0.4, -0.2) is 32.4 Å². The second kappa shape index (κ2) is 8.99. The Balaban J connectivity index is 1.83. The summed E-state index contributed by atoms with van der Waals surface area (Å²) in [6, 6.07) is 15.2. The summed E-state index contributed by atoms with van der Waals surface area (Å²) in [6.07, 6.45) is 3.26. The number of carboxylic acid groups (broad SMARTS) is 1. The second-order valence-electron chi connectivity index (χ2n) is 6.27. The lowest BCUT2D eigenvalue weighted by Crippen LogP contribution is -2.06. The van der Waals surface area contributed by atoms with Gasteiger partial charge in [0.2, 0.25) is 0 Å². The Bertz CT molecular complexity index is 961. The molecule has 0 spiro atoms. The molecule has 1 heterocycles. The van der Waals surface area contributed by atoms with Crippen LogP contribution in [0.25, 0.3) is 11.1 Å². The van der Waals surface area contributed by atoms with Crippen molar-refractivity contribution in [1.82, 2.24) is 14.8 Å². The molecule has 0 aliphatic carbocycles. The molecule has 0 amide bonds. The molecule has 3 aromatic rings. The van der Waals surface area contributed by atoms with E-state index in [9.17, 15) is 9.90 Å². The number of aromatic carboxylic acids is 1. The Morgan fingerprint density at radius 1 is 1.21 bits per heavy atom. The average Bonchev–Trinajstić information content (AvgIpc) is 3.08. The van der Waals surface area contributed by atoms with Gasteiger partial charge in [-0.25, -0.2) is 9.48 Å². The number of aryl methyl sites for hydroxylation is 1. The van der Waals surface area contributed by atoms with Crippen molar-refractivity contribution in [2.75, 3.05) is 6.61 Å². The molecule has 1 aromatic heterocycles. The van der Waals surface area contributed by atoms with Crippen LogP contribution in [0.3, 0.4) is 0 Å². The topological polar surface area (TPSA) is 77.2 Å². The van der Waals surface area contributed by atoms with E-state index in [2.05, 4.69) is 16.7 Å². The van der Waals surface area contributed by atoms with Crippen LogP contribution in [0.5, 0.6) is 6.01 Å². The molecule has 2 aromatic carbocycles. The molecule has 6 heteroatoms. The van der Waals surface area contributed by atoms with E-state index in [1.807, 2.05) is 54.1 Å². The van der Waals surface area contributed by atoms with Crippen LogP contribution in [0.1, 0.15) is 35.1 Å². The molecular formula is C22H23N3O3. The minimum atomic E-state index is -0.932. The Morgan fingerprint density at radius 2 is 1.96 bits per heavy atom. The second-order valence-corrected chi connectivity index (χ2v) is 6.27. The van der Waals surface area contributed by atoms with Gasteiger partial charge in [-0.1, -0.05) is 48.5 Å². The molecule has 144 valence electrons. The summed E-state index contributed by atoms with van der Waals surface area (Å²) in [6.45, 7) is 6.87. The number of aromatic nitrogens is 3. The van der Waals surface area contributed by atoms with Gasteiger partial charge in [-0.3, -0.25) is 0 Å². The highest BCUT2D eigenvalue weighted by molar-refractivity contribution is 5.95. The maximum Gasteiger partial charge on any atom is 0.336 e. The largest absolute Gasteiger partial charge is 0.478 e. The molecule has 0 aliphatic rings. The highest BCUT2D eigenvalue weighted by atomic mass is 16.5. The number of allylic oxidation sites excluding steroid dienone is 1. The average molecular weight is 377 g/mol. The molecule has 0 radical (unpaired) electrons. The molecule has 0 saturated heterocycles. The standard InChI is InChI=1S/C22H23N3O3/c1-3-5-14-25-20(23-22(24-25)28-4-2)15-16-10-12-17(13-11-16)18-8-6-7-9-19(18)21(26)27/h3,6-13H,1,4-5,14-15H2,2H3,(H,26,27). The van der Waals surface area contributed by atoms with Crippen molar-refractivity contribution in [2.45, 2.75) is 26.3 Å². The fourth-order valence-electron chi connectivity index (χ4n) is 2.97. The van der Waals surface area contributed by atoms with Gasteiger partial charge in [-0.05, 0) is 36.1 Å². The molecule has 1 N–H and O–H groups in total. The Kier molecular flexibility index (Phi) is 6.22. The van der Waals surface area contributed by atoms with Crippen molar-refractivity contribution in [3.63, 3.8) is 0 Å². The first-order chi connectivity index (χ1) is 13.6. The maximum absolute atomic E-state index is 11.4. The molecule has 28 heavy (non-hydrogen) atoms. The van der Waals surface area contributed by atoms with E-state index in [1.54, 1.807) is 12.1 Å². The van der Waals surface area contributed by atoms with Crippen molar-refractivity contribution >= 4 is 5.97 Å². The highest BCUT2D eigenvalue weighted by Crippen LogP contribution is 2.25. The van der Waals surface area contributed by atoms with Crippen molar-refractivity contribution < 1.29 is 14.6 Å². The fraction of sp³-hybridized carbons (Fsp3) is 0.227. The predicted molar refractivity (Wildman–Crippen MR) is 108 cm³/mol. The monoisotopic (exact) mass is 377 g/mol. The molecule has 6 nitrogen and oxygen atoms in total. The molecule has 0 fully saturated rings. The molecule has 0 aliphatic heterocycles. The Hall–Kier alpha value is -3.41. The predicted octanol–water partition coefficient (Wildman–Crippen LogP) is 4.21. The summed E-state index contributed by atoms with van der Waals surface area (Å²) in [5.74, 6) is -0.109. The number of carboxylic acids is 1. The van der Waals surface area contributed by atoms with Crippen LogP contribution < -0.4 is 4.74 Å². The normalized spacial score (nSPS) is 10.6. The summed E-state index contributed by atoms with van der Waals surface area (Å²) in [5, 5.41) is 13.8. The van der Waals surface area contributed by atoms with E-state index in [-0.39, 0.29) is 0 Å². The lowest BCUT2D eigenvalue weighted by Gasteiger charge is -2.08. The van der Waals surface area contributed by atoms with Crippen molar-refractivity contribution in [1.29, 1.82) is 0 Å². The quantitative estimate of drug-likeness (QED) is 0.565. The van der Waals surface area contributed by atoms with Gasteiger partial charge in [-0.15, -0.1) is 11.7 Å². The molecule has 0 saturated carbocycles. The first-order valence-corrected chi connectivity index (χ1v) is 9.21. The van der Waals surface area contributed by atoms with E-state index in [1.165, 1.54) is 0 Å². The first kappa shape index (κ1) is 19.4. The number of carbonyl (C=O) groups is 1. The fourth-order valence-corrected chi connectivity index (χ4v) is 2.97. The van der Waals surface area contributed by atoms with Gasteiger partial charge in [0.25, 0.3) is 0 Å². The minimum Gasteiger partial charge on any atom is -0.478 e. The van der Waals surface area contributed by atoms with E-state index in [4.69, 9.17) is 4.74 Å². The molecule has 0 atom stereocenters. The first-order valence-electron chi connectivity index (χ1n) is 9.21. The zero-order valence-corrected chi connectivity index (χ0v) is 15.8. The SMILES string of the molecule is C=CCCn1nc(OCC)nc1Cc1ccc(-c2ccccc2C(=O)O)cc1. The lowest BCUT2D eigenvalue weighted by atomic mass is 9.98. The molecule has 3 rings (SSSR count). The van der Waals surface area contributed by atoms with Crippen LogP contribution in [0.2, 0.25) is 0 Å². The Labute approximate surface area is 164 Å². The van der Waals surface area contributed by atoms with E-state index < -0.39 is 5.97 Å². The number of hydrogen-bond acceptors (Lipinski definition) is 4. The van der Waals surface area contributed by atoms with Crippen LogP contribution in [0, 0.1) is 0 Å². The molecular weight excluding hydrogens is 354 g/mol. The summed E-state index contributed by atoms with van der Waals surface area (Å²) in [5.41, 5.74) is 2.92. The van der Waals surface area contributed by atoms with Gasteiger partial charge >= 0.3 is 12.0 Å². The van der Waals surface area contributed by atoms with Crippen molar-refractivity contribution in [3.8, 4) is 17.1 Å². The highest BCUT2D eigenvalue weighted by Gasteiger charge is 2.13. The smallest absolute Gasteiger partial charge is 0.336 e. The van der Waals surface area contributed by atoms with Gasteiger partial charge in [0, 0.05) is 13.0 Å². The number of rotatable bonds is 9. The van der Waals surface area contributed by atoms with Crippen LogP contribution >= 0.6 is 0 Å². The number of nitrogens with zero attached hydrogens (tertiary/aromatic N) is 3. The Morgan fingerprint density at radius 3 is 2.64 bits per heavy atom. The van der Waals surface area contributed by atoms with Gasteiger partial charge in [0.15, 0.2) is 0 Å².